The predicted octanol–water partition coefficient (Wildman–Crippen LogP) is 1.17. The molecule has 1 spiro atoms. The third kappa shape index (κ3) is 3.52. The number of nitrogens with zero attached hydrogens (tertiary/aromatic N) is 1. The van der Waals surface area contributed by atoms with Gasteiger partial charge in [0.25, 0.3) is 5.91 Å². The zero-order valence-electron chi connectivity index (χ0n) is 16.4. The first-order valence-corrected chi connectivity index (χ1v) is 9.76. The molecule has 9 nitrogen and oxygen atoms in total. The van der Waals surface area contributed by atoms with Crippen LogP contribution in [0.25, 0.3) is 0 Å². The number of aryl methyl sites for hydroxylation is 1. The number of urea groups is 1. The highest BCUT2D eigenvalue weighted by Gasteiger charge is 2.47. The van der Waals surface area contributed by atoms with Crippen LogP contribution in [0.15, 0.2) is 18.2 Å². The zero-order valence-corrected chi connectivity index (χ0v) is 16.4. The lowest BCUT2D eigenvalue weighted by molar-refractivity contribution is -0.124. The Labute approximate surface area is 168 Å². The molecule has 2 aliphatic heterocycles. The minimum atomic E-state index is -0.878. The zero-order chi connectivity index (χ0) is 20.8. The lowest BCUT2D eigenvalue weighted by atomic mass is 9.78. The van der Waals surface area contributed by atoms with Crippen molar-refractivity contribution < 1.29 is 23.9 Å². The first kappa shape index (κ1) is 19.2. The Balaban J connectivity index is 1.42. The number of carbonyl (C=O) groups is 4. The SMILES string of the molecule is CC(C)[C@@H]1COC(=O)N1CC(=O)Nc1ccc2c(c1)CCC1(C2)NC(=O)NC1=O. The Bertz CT molecular complexity index is 899. The van der Waals surface area contributed by atoms with E-state index in [0.717, 1.165) is 11.1 Å². The fraction of sp³-hybridized carbons (Fsp3) is 0.500. The van der Waals surface area contributed by atoms with Crippen molar-refractivity contribution in [3.8, 4) is 0 Å². The highest BCUT2D eigenvalue weighted by atomic mass is 16.6. The van der Waals surface area contributed by atoms with Crippen LogP contribution in [-0.2, 0) is 27.2 Å². The van der Waals surface area contributed by atoms with Crippen molar-refractivity contribution in [2.75, 3.05) is 18.5 Å². The van der Waals surface area contributed by atoms with Gasteiger partial charge >= 0.3 is 12.1 Å². The fourth-order valence-corrected chi connectivity index (χ4v) is 4.25. The van der Waals surface area contributed by atoms with Crippen LogP contribution in [0.1, 0.15) is 31.4 Å². The molecule has 2 atom stereocenters. The average Bonchev–Trinajstić information content (AvgIpc) is 3.14. The highest BCUT2D eigenvalue weighted by Crippen LogP contribution is 2.32. The van der Waals surface area contributed by atoms with E-state index >= 15 is 0 Å². The highest BCUT2D eigenvalue weighted by molar-refractivity contribution is 6.07. The van der Waals surface area contributed by atoms with Crippen molar-refractivity contribution in [3.63, 3.8) is 0 Å². The van der Waals surface area contributed by atoms with Crippen molar-refractivity contribution in [1.29, 1.82) is 0 Å². The number of ether oxygens (including phenoxy) is 1. The van der Waals surface area contributed by atoms with Crippen LogP contribution in [0.4, 0.5) is 15.3 Å². The van der Waals surface area contributed by atoms with E-state index in [1.807, 2.05) is 26.0 Å². The fourth-order valence-electron chi connectivity index (χ4n) is 4.25. The van der Waals surface area contributed by atoms with Gasteiger partial charge in [0, 0.05) is 12.1 Å². The monoisotopic (exact) mass is 400 g/mol. The summed E-state index contributed by atoms with van der Waals surface area (Å²) in [4.78, 5) is 49.5. The minimum Gasteiger partial charge on any atom is -0.447 e. The predicted molar refractivity (Wildman–Crippen MR) is 103 cm³/mol. The van der Waals surface area contributed by atoms with E-state index in [-0.39, 0.29) is 30.3 Å². The van der Waals surface area contributed by atoms with Crippen LogP contribution in [0, 0.1) is 5.92 Å². The van der Waals surface area contributed by atoms with Crippen LogP contribution in [-0.4, -0.2) is 53.6 Å². The molecule has 0 bridgehead atoms. The molecule has 29 heavy (non-hydrogen) atoms. The summed E-state index contributed by atoms with van der Waals surface area (Å²) in [5.41, 5.74) is 1.76. The van der Waals surface area contributed by atoms with Gasteiger partial charge in [-0.25, -0.2) is 9.59 Å². The molecule has 3 N–H and O–H groups in total. The second-order valence-corrected chi connectivity index (χ2v) is 8.21. The molecule has 0 saturated carbocycles. The van der Waals surface area contributed by atoms with Gasteiger partial charge in [0.2, 0.25) is 5.91 Å². The molecule has 1 aromatic carbocycles. The largest absolute Gasteiger partial charge is 0.447 e. The van der Waals surface area contributed by atoms with E-state index in [0.29, 0.717) is 31.6 Å². The molecule has 2 saturated heterocycles. The van der Waals surface area contributed by atoms with E-state index < -0.39 is 17.7 Å². The summed E-state index contributed by atoms with van der Waals surface area (Å²) in [6.45, 7) is 4.21. The molecule has 0 radical (unpaired) electrons. The molecule has 5 amide bonds. The van der Waals surface area contributed by atoms with Crippen molar-refractivity contribution in [2.45, 2.75) is 44.7 Å². The summed E-state index contributed by atoms with van der Waals surface area (Å²) in [7, 11) is 0. The smallest absolute Gasteiger partial charge is 0.410 e. The standard InChI is InChI=1S/C20H24N4O5/c1-11(2)15-10-29-19(28)24(15)9-16(25)21-14-4-3-13-8-20(6-5-12(13)7-14)17(26)22-18(27)23-20/h3-4,7,11,15H,5-6,8-10H2,1-2H3,(H,21,25)(H2,22,23,26,27)/t15-,20?/m0/s1. The number of fused-ring (bicyclic) bond motifs is 1. The third-order valence-corrected chi connectivity index (χ3v) is 5.91. The number of rotatable bonds is 4. The maximum absolute atomic E-state index is 12.5. The van der Waals surface area contributed by atoms with E-state index in [1.165, 1.54) is 4.90 Å². The van der Waals surface area contributed by atoms with Gasteiger partial charge in [-0.3, -0.25) is 19.8 Å². The molecular formula is C20H24N4O5. The maximum Gasteiger partial charge on any atom is 0.410 e. The van der Waals surface area contributed by atoms with Gasteiger partial charge in [-0.15, -0.1) is 0 Å². The number of cyclic esters (lactones) is 1. The molecule has 2 heterocycles. The summed E-state index contributed by atoms with van der Waals surface area (Å²) in [5.74, 6) is -0.384. The molecule has 9 heteroatoms. The van der Waals surface area contributed by atoms with Crippen LogP contribution in [0.5, 0.6) is 0 Å². The molecule has 1 unspecified atom stereocenters. The van der Waals surface area contributed by atoms with E-state index in [9.17, 15) is 19.2 Å². The van der Waals surface area contributed by atoms with Gasteiger partial charge in [-0.05, 0) is 42.0 Å². The van der Waals surface area contributed by atoms with Gasteiger partial charge in [0.15, 0.2) is 0 Å². The number of anilines is 1. The first-order valence-electron chi connectivity index (χ1n) is 9.76. The number of benzene rings is 1. The Hall–Kier alpha value is -3.10. The van der Waals surface area contributed by atoms with Gasteiger partial charge in [0.1, 0.15) is 18.7 Å². The molecule has 1 aromatic rings. The Morgan fingerprint density at radius 2 is 2.10 bits per heavy atom. The second kappa shape index (κ2) is 7.06. The average molecular weight is 400 g/mol. The number of imide groups is 1. The molecule has 3 aliphatic rings. The second-order valence-electron chi connectivity index (χ2n) is 8.21. The quantitative estimate of drug-likeness (QED) is 0.656. The number of nitrogens with one attached hydrogen (secondary N) is 3. The van der Waals surface area contributed by atoms with Gasteiger partial charge < -0.3 is 15.4 Å². The topological polar surface area (TPSA) is 117 Å². The Morgan fingerprint density at radius 3 is 2.79 bits per heavy atom. The van der Waals surface area contributed by atoms with Gasteiger partial charge in [-0.2, -0.15) is 0 Å². The maximum atomic E-state index is 12.5. The van der Waals surface area contributed by atoms with E-state index in [1.54, 1.807) is 6.07 Å². The van der Waals surface area contributed by atoms with E-state index in [4.69, 9.17) is 4.74 Å². The number of hydrogen-bond donors (Lipinski definition) is 3. The number of hydrogen-bond acceptors (Lipinski definition) is 5. The lowest BCUT2D eigenvalue weighted by Crippen LogP contribution is -2.51. The molecular weight excluding hydrogens is 376 g/mol. The van der Waals surface area contributed by atoms with Gasteiger partial charge in [-0.1, -0.05) is 19.9 Å². The molecule has 0 aromatic heterocycles. The Kier molecular flexibility index (Phi) is 4.68. The molecule has 4 rings (SSSR count). The molecule has 1 aliphatic carbocycles. The summed E-state index contributed by atoms with van der Waals surface area (Å²) >= 11 is 0. The number of amides is 5. The third-order valence-electron chi connectivity index (χ3n) is 5.91. The summed E-state index contributed by atoms with van der Waals surface area (Å²) in [6, 6.07) is 4.96. The summed E-state index contributed by atoms with van der Waals surface area (Å²) < 4.78 is 5.07. The molecule has 154 valence electrons. The normalized spacial score (nSPS) is 25.7. The van der Waals surface area contributed by atoms with Crippen LogP contribution in [0.3, 0.4) is 0 Å². The van der Waals surface area contributed by atoms with Crippen LogP contribution >= 0.6 is 0 Å². The van der Waals surface area contributed by atoms with Crippen LogP contribution < -0.4 is 16.0 Å². The minimum absolute atomic E-state index is 0.0614. The van der Waals surface area contributed by atoms with Crippen molar-refractivity contribution >= 4 is 29.6 Å². The Morgan fingerprint density at radius 1 is 1.31 bits per heavy atom. The summed E-state index contributed by atoms with van der Waals surface area (Å²) in [5, 5.41) is 7.89. The van der Waals surface area contributed by atoms with Gasteiger partial charge in [0.05, 0.1) is 6.04 Å². The summed E-state index contributed by atoms with van der Waals surface area (Å²) in [6.07, 6.45) is 1.07. The van der Waals surface area contributed by atoms with Crippen LogP contribution in [0.2, 0.25) is 0 Å². The first-order chi connectivity index (χ1) is 13.8. The van der Waals surface area contributed by atoms with Crippen molar-refractivity contribution in [1.82, 2.24) is 15.5 Å². The van der Waals surface area contributed by atoms with E-state index in [2.05, 4.69) is 16.0 Å². The molecule has 2 fully saturated rings. The van der Waals surface area contributed by atoms with Crippen molar-refractivity contribution in [3.05, 3.63) is 29.3 Å². The number of carbonyl (C=O) groups excluding carboxylic acids is 4. The lowest BCUT2D eigenvalue weighted by Gasteiger charge is -2.32. The van der Waals surface area contributed by atoms with Crippen molar-refractivity contribution in [2.24, 2.45) is 5.92 Å².